The van der Waals surface area contributed by atoms with Crippen molar-refractivity contribution < 1.29 is 9.72 Å². The van der Waals surface area contributed by atoms with Crippen LogP contribution < -0.4 is 11.3 Å². The number of nitro benzene ring substituents is 1. The molecule has 0 saturated heterocycles. The highest BCUT2D eigenvalue weighted by atomic mass is 32.2. The Morgan fingerprint density at radius 1 is 1.24 bits per heavy atom. The molecule has 172 valence electrons. The van der Waals surface area contributed by atoms with Crippen molar-refractivity contribution in [1.29, 1.82) is 0 Å². The molecule has 2 aromatic heterocycles. The van der Waals surface area contributed by atoms with Gasteiger partial charge in [-0.25, -0.2) is 4.98 Å². The van der Waals surface area contributed by atoms with Gasteiger partial charge >= 0.3 is 0 Å². The average molecular weight is 485 g/mol. The Morgan fingerprint density at radius 2 is 2.00 bits per heavy atom. The molecule has 1 aromatic carbocycles. The third kappa shape index (κ3) is 4.06. The summed E-state index contributed by atoms with van der Waals surface area (Å²) in [6, 6.07) is 4.39. The van der Waals surface area contributed by atoms with E-state index in [2.05, 4.69) is 0 Å². The van der Waals surface area contributed by atoms with Gasteiger partial charge in [0.2, 0.25) is 5.91 Å². The van der Waals surface area contributed by atoms with Crippen LogP contribution in [-0.4, -0.2) is 20.4 Å². The molecule has 33 heavy (non-hydrogen) atoms. The Kier molecular flexibility index (Phi) is 5.96. The van der Waals surface area contributed by atoms with Gasteiger partial charge in [-0.1, -0.05) is 30.7 Å². The monoisotopic (exact) mass is 484 g/mol. The number of thiophene rings is 1. The molecule has 1 amide bonds. The number of hydrogen-bond donors (Lipinski definition) is 1. The number of nitrogens with zero attached hydrogens (tertiary/aromatic N) is 3. The normalized spacial score (nSPS) is 16.2. The number of benzene rings is 1. The molecule has 1 saturated carbocycles. The number of nitro groups is 1. The number of carbonyl (C=O) groups excluding carboxylic acids is 1. The first-order chi connectivity index (χ1) is 15.9. The number of aromatic nitrogens is 2. The maximum atomic E-state index is 13.7. The number of primary amides is 1. The zero-order chi connectivity index (χ0) is 23.1. The highest BCUT2D eigenvalue weighted by Gasteiger charge is 2.27. The lowest BCUT2D eigenvalue weighted by molar-refractivity contribution is -0.385. The van der Waals surface area contributed by atoms with Crippen LogP contribution in [0.2, 0.25) is 0 Å². The summed E-state index contributed by atoms with van der Waals surface area (Å²) in [5.74, 6) is -0.438. The van der Waals surface area contributed by atoms with Crippen LogP contribution in [0.3, 0.4) is 0 Å². The molecule has 8 nitrogen and oxygen atoms in total. The van der Waals surface area contributed by atoms with Gasteiger partial charge < -0.3 is 5.73 Å². The summed E-state index contributed by atoms with van der Waals surface area (Å²) in [5, 5.41) is 13.0. The van der Waals surface area contributed by atoms with E-state index < -0.39 is 10.8 Å². The van der Waals surface area contributed by atoms with Gasteiger partial charge in [0, 0.05) is 33.9 Å². The van der Waals surface area contributed by atoms with Crippen molar-refractivity contribution in [2.24, 2.45) is 5.73 Å². The van der Waals surface area contributed by atoms with E-state index in [1.165, 1.54) is 34.3 Å². The molecule has 0 aliphatic heterocycles. The SMILES string of the molecule is NC(=O)c1ccc(CSc2nc3sc4c(c3c(=O)n2C2CCCC2)CCCC4)c([N+](=O)[O-])c1. The molecule has 2 N–H and O–H groups in total. The first-order valence-electron chi connectivity index (χ1n) is 11.2. The predicted octanol–water partition coefficient (Wildman–Crippen LogP) is 4.75. The van der Waals surface area contributed by atoms with Gasteiger partial charge in [-0.05, 0) is 50.2 Å². The minimum Gasteiger partial charge on any atom is -0.366 e. The van der Waals surface area contributed by atoms with E-state index in [-0.39, 0.29) is 28.6 Å². The number of aryl methyl sites for hydroxylation is 2. The maximum absolute atomic E-state index is 13.7. The summed E-state index contributed by atoms with van der Waals surface area (Å²) >= 11 is 2.96. The summed E-state index contributed by atoms with van der Waals surface area (Å²) < 4.78 is 1.85. The van der Waals surface area contributed by atoms with E-state index in [4.69, 9.17) is 10.7 Å². The fraction of sp³-hybridized carbons (Fsp3) is 0.435. The van der Waals surface area contributed by atoms with Crippen molar-refractivity contribution in [3.05, 3.63) is 60.2 Å². The summed E-state index contributed by atoms with van der Waals surface area (Å²) in [6.45, 7) is 0. The van der Waals surface area contributed by atoms with Crippen LogP contribution in [0.15, 0.2) is 28.2 Å². The lowest BCUT2D eigenvalue weighted by atomic mass is 9.97. The highest BCUT2D eigenvalue weighted by molar-refractivity contribution is 7.98. The zero-order valence-electron chi connectivity index (χ0n) is 18.0. The molecule has 0 unspecified atom stereocenters. The van der Waals surface area contributed by atoms with Crippen LogP contribution in [0.5, 0.6) is 0 Å². The molecule has 2 heterocycles. The minimum atomic E-state index is -0.707. The van der Waals surface area contributed by atoms with Crippen molar-refractivity contribution in [1.82, 2.24) is 9.55 Å². The van der Waals surface area contributed by atoms with Crippen molar-refractivity contribution in [3.8, 4) is 0 Å². The van der Waals surface area contributed by atoms with Gasteiger partial charge in [0.1, 0.15) is 4.83 Å². The van der Waals surface area contributed by atoms with Gasteiger partial charge in [-0.15, -0.1) is 11.3 Å². The maximum Gasteiger partial charge on any atom is 0.274 e. The Labute approximate surface area is 198 Å². The Hall–Kier alpha value is -2.72. The van der Waals surface area contributed by atoms with Gasteiger partial charge in [0.25, 0.3) is 11.2 Å². The molecular formula is C23H24N4O4S2. The topological polar surface area (TPSA) is 121 Å². The fourth-order valence-corrected chi connectivity index (χ4v) is 7.30. The number of fused-ring (bicyclic) bond motifs is 3. The molecule has 10 heteroatoms. The molecule has 2 aliphatic rings. The van der Waals surface area contributed by atoms with E-state index in [1.54, 1.807) is 17.4 Å². The molecule has 5 rings (SSSR count). The quantitative estimate of drug-likeness (QED) is 0.233. The molecule has 0 atom stereocenters. The second-order valence-electron chi connectivity index (χ2n) is 8.65. The second kappa shape index (κ2) is 8.90. The van der Waals surface area contributed by atoms with Crippen LogP contribution in [0.1, 0.15) is 70.9 Å². The minimum absolute atomic E-state index is 0.0346. The summed E-state index contributed by atoms with van der Waals surface area (Å²) in [7, 11) is 0. The Balaban J connectivity index is 1.57. The summed E-state index contributed by atoms with van der Waals surface area (Å²) in [5.41, 5.74) is 6.91. The predicted molar refractivity (Wildman–Crippen MR) is 129 cm³/mol. The number of thioether (sulfide) groups is 1. The van der Waals surface area contributed by atoms with Crippen LogP contribution in [-0.2, 0) is 18.6 Å². The summed E-state index contributed by atoms with van der Waals surface area (Å²) in [4.78, 5) is 43.3. The van der Waals surface area contributed by atoms with E-state index in [1.807, 2.05) is 4.57 Å². The van der Waals surface area contributed by atoms with E-state index in [0.717, 1.165) is 61.6 Å². The Morgan fingerprint density at radius 3 is 2.73 bits per heavy atom. The van der Waals surface area contributed by atoms with E-state index in [0.29, 0.717) is 10.7 Å². The number of amides is 1. The molecule has 0 radical (unpaired) electrons. The van der Waals surface area contributed by atoms with Crippen molar-refractivity contribution >= 4 is 44.9 Å². The lowest BCUT2D eigenvalue weighted by Crippen LogP contribution is -2.26. The van der Waals surface area contributed by atoms with Gasteiger partial charge in [0.05, 0.1) is 10.3 Å². The molecule has 0 spiro atoms. The average Bonchev–Trinajstić information content (AvgIpc) is 3.45. The number of hydrogen-bond acceptors (Lipinski definition) is 7. The van der Waals surface area contributed by atoms with Crippen molar-refractivity contribution in [2.45, 2.75) is 68.3 Å². The van der Waals surface area contributed by atoms with Gasteiger partial charge in [-0.2, -0.15) is 0 Å². The Bertz CT molecular complexity index is 1320. The van der Waals surface area contributed by atoms with Crippen molar-refractivity contribution in [3.63, 3.8) is 0 Å². The third-order valence-electron chi connectivity index (χ3n) is 6.60. The second-order valence-corrected chi connectivity index (χ2v) is 10.7. The zero-order valence-corrected chi connectivity index (χ0v) is 19.7. The van der Waals surface area contributed by atoms with Crippen LogP contribution in [0.25, 0.3) is 10.2 Å². The third-order valence-corrected chi connectivity index (χ3v) is 8.79. The molecule has 1 fully saturated rings. The molecule has 3 aromatic rings. The standard InChI is InChI=1S/C23H24N4O4S2/c24-20(28)13-9-10-14(17(11-13)27(30)31)12-32-23-25-21-19(16-7-3-4-8-18(16)33-21)22(29)26(23)15-5-1-2-6-15/h9-11,15H,1-8,12H2,(H2,24,28). The largest absolute Gasteiger partial charge is 0.366 e. The molecule has 2 aliphatic carbocycles. The first-order valence-corrected chi connectivity index (χ1v) is 13.0. The molecular weight excluding hydrogens is 460 g/mol. The van der Waals surface area contributed by atoms with E-state index >= 15 is 0 Å². The van der Waals surface area contributed by atoms with E-state index in [9.17, 15) is 19.7 Å². The van der Waals surface area contributed by atoms with Gasteiger partial charge in [-0.3, -0.25) is 24.3 Å². The fourth-order valence-electron chi connectivity index (χ4n) is 4.94. The first kappa shape index (κ1) is 22.1. The van der Waals surface area contributed by atoms with Crippen LogP contribution in [0.4, 0.5) is 5.69 Å². The lowest BCUT2D eigenvalue weighted by Gasteiger charge is -2.18. The highest BCUT2D eigenvalue weighted by Crippen LogP contribution is 2.38. The van der Waals surface area contributed by atoms with Crippen LogP contribution in [0, 0.1) is 10.1 Å². The number of rotatable bonds is 6. The van der Waals surface area contributed by atoms with Gasteiger partial charge in [0.15, 0.2) is 5.16 Å². The smallest absolute Gasteiger partial charge is 0.274 e. The number of carbonyl (C=O) groups is 1. The van der Waals surface area contributed by atoms with Crippen molar-refractivity contribution in [2.75, 3.05) is 0 Å². The summed E-state index contributed by atoms with van der Waals surface area (Å²) in [6.07, 6.45) is 8.23. The number of nitrogens with two attached hydrogens (primary N) is 1. The van der Waals surface area contributed by atoms with Crippen LogP contribution >= 0.6 is 23.1 Å². The molecule has 0 bridgehead atoms.